The van der Waals surface area contributed by atoms with Gasteiger partial charge in [0.05, 0.1) is 5.69 Å². The largest absolute Gasteiger partial charge is 0.370 e. The monoisotopic (exact) mass is 387 g/mol. The second-order valence-corrected chi connectivity index (χ2v) is 7.71. The van der Waals surface area contributed by atoms with E-state index in [0.717, 1.165) is 39.5 Å². The van der Waals surface area contributed by atoms with Gasteiger partial charge in [-0.05, 0) is 13.8 Å². The lowest BCUT2D eigenvalue weighted by Gasteiger charge is -2.05. The van der Waals surface area contributed by atoms with Crippen molar-refractivity contribution >= 4 is 29.0 Å². The molecule has 0 aliphatic carbocycles. The minimum Gasteiger partial charge on any atom is -0.370 e. The average Bonchev–Trinajstić information content (AvgIpc) is 3.25. The number of carbonyl (C=O) groups is 1. The number of hydrogen-bond donors (Lipinski definition) is 1. The third kappa shape index (κ3) is 4.50. The molecule has 6 nitrogen and oxygen atoms in total. The molecule has 0 aliphatic heterocycles. The third-order valence-corrected chi connectivity index (χ3v) is 5.84. The zero-order valence-electron chi connectivity index (χ0n) is 14.8. The number of benzene rings is 1. The molecular weight excluding hydrogens is 366 g/mol. The molecule has 26 heavy (non-hydrogen) atoms. The third-order valence-electron chi connectivity index (χ3n) is 3.90. The van der Waals surface area contributed by atoms with E-state index in [2.05, 4.69) is 46.8 Å². The molecule has 0 saturated heterocycles. The van der Waals surface area contributed by atoms with E-state index in [-0.39, 0.29) is 12.3 Å². The van der Waals surface area contributed by atoms with Crippen molar-refractivity contribution in [2.45, 2.75) is 44.1 Å². The Bertz CT molecular complexity index is 885. The summed E-state index contributed by atoms with van der Waals surface area (Å²) in [4.78, 5) is 15.7. The lowest BCUT2D eigenvalue weighted by Crippen LogP contribution is -2.13. The van der Waals surface area contributed by atoms with Crippen molar-refractivity contribution in [3.63, 3.8) is 0 Å². The number of primary amides is 1. The Labute approximate surface area is 160 Å². The summed E-state index contributed by atoms with van der Waals surface area (Å²) in [6.45, 7) is 4.88. The second-order valence-electron chi connectivity index (χ2n) is 5.91. The van der Waals surface area contributed by atoms with Crippen LogP contribution in [0.2, 0.25) is 0 Å². The van der Waals surface area contributed by atoms with E-state index in [4.69, 9.17) is 10.7 Å². The van der Waals surface area contributed by atoms with Crippen LogP contribution in [0.25, 0.3) is 10.6 Å². The first kappa shape index (κ1) is 18.6. The average molecular weight is 388 g/mol. The fourth-order valence-corrected chi connectivity index (χ4v) is 4.35. The van der Waals surface area contributed by atoms with E-state index in [9.17, 15) is 4.79 Å². The molecule has 136 valence electrons. The SMILES string of the molecule is CCn1c(CCC(N)=O)nnc1SCc1csc(-c2ccc(C)cc2)n1. The predicted octanol–water partition coefficient (Wildman–Crippen LogP) is 3.44. The highest BCUT2D eigenvalue weighted by molar-refractivity contribution is 7.98. The van der Waals surface area contributed by atoms with Crippen molar-refractivity contribution in [3.8, 4) is 10.6 Å². The first-order valence-corrected chi connectivity index (χ1v) is 10.3. The summed E-state index contributed by atoms with van der Waals surface area (Å²) in [7, 11) is 0. The summed E-state index contributed by atoms with van der Waals surface area (Å²) in [5.74, 6) is 1.21. The van der Waals surface area contributed by atoms with Crippen LogP contribution in [0.1, 0.15) is 30.4 Å². The first-order valence-electron chi connectivity index (χ1n) is 8.41. The van der Waals surface area contributed by atoms with Gasteiger partial charge in [-0.3, -0.25) is 4.79 Å². The first-order chi connectivity index (χ1) is 12.6. The maximum Gasteiger partial charge on any atom is 0.217 e. The van der Waals surface area contributed by atoms with Crippen LogP contribution in [0.15, 0.2) is 34.8 Å². The van der Waals surface area contributed by atoms with Crippen LogP contribution in [-0.2, 0) is 23.5 Å². The van der Waals surface area contributed by atoms with Gasteiger partial charge >= 0.3 is 0 Å². The number of aryl methyl sites for hydroxylation is 2. The van der Waals surface area contributed by atoms with Gasteiger partial charge in [0.25, 0.3) is 0 Å². The van der Waals surface area contributed by atoms with Gasteiger partial charge in [0.2, 0.25) is 5.91 Å². The quantitative estimate of drug-likeness (QED) is 0.598. The number of thioether (sulfide) groups is 1. The lowest BCUT2D eigenvalue weighted by atomic mass is 10.2. The number of nitrogens with two attached hydrogens (primary N) is 1. The molecule has 0 spiro atoms. The predicted molar refractivity (Wildman–Crippen MR) is 105 cm³/mol. The number of hydrogen-bond acceptors (Lipinski definition) is 6. The lowest BCUT2D eigenvalue weighted by molar-refractivity contribution is -0.118. The number of aromatic nitrogens is 4. The van der Waals surface area contributed by atoms with Crippen LogP contribution < -0.4 is 5.73 Å². The minimum atomic E-state index is -0.323. The maximum absolute atomic E-state index is 11.0. The van der Waals surface area contributed by atoms with Crippen molar-refractivity contribution < 1.29 is 4.79 Å². The van der Waals surface area contributed by atoms with E-state index in [1.54, 1.807) is 23.1 Å². The van der Waals surface area contributed by atoms with Crippen LogP contribution in [-0.4, -0.2) is 25.7 Å². The van der Waals surface area contributed by atoms with Crippen molar-refractivity contribution in [2.24, 2.45) is 5.73 Å². The van der Waals surface area contributed by atoms with E-state index in [0.29, 0.717) is 6.42 Å². The highest BCUT2D eigenvalue weighted by Gasteiger charge is 2.13. The van der Waals surface area contributed by atoms with Crippen LogP contribution in [0.3, 0.4) is 0 Å². The molecule has 0 unspecified atom stereocenters. The molecule has 0 fully saturated rings. The van der Waals surface area contributed by atoms with Gasteiger partial charge in [0.1, 0.15) is 10.8 Å². The Kier molecular flexibility index (Phi) is 6.05. The highest BCUT2D eigenvalue weighted by Crippen LogP contribution is 2.28. The van der Waals surface area contributed by atoms with Crippen LogP contribution in [0.4, 0.5) is 0 Å². The van der Waals surface area contributed by atoms with Crippen LogP contribution in [0.5, 0.6) is 0 Å². The van der Waals surface area contributed by atoms with E-state index >= 15 is 0 Å². The number of carbonyl (C=O) groups excluding carboxylic acids is 1. The van der Waals surface area contributed by atoms with Crippen LogP contribution in [0, 0.1) is 6.92 Å². The summed E-state index contributed by atoms with van der Waals surface area (Å²) in [5.41, 5.74) is 8.63. The molecule has 0 saturated carbocycles. The molecular formula is C18H21N5OS2. The zero-order chi connectivity index (χ0) is 18.5. The van der Waals surface area contributed by atoms with Gasteiger partial charge < -0.3 is 10.3 Å². The topological polar surface area (TPSA) is 86.7 Å². The smallest absolute Gasteiger partial charge is 0.217 e. The van der Waals surface area contributed by atoms with E-state index in [1.807, 2.05) is 11.5 Å². The minimum absolute atomic E-state index is 0.287. The van der Waals surface area contributed by atoms with Gasteiger partial charge in [0, 0.05) is 36.1 Å². The fourth-order valence-electron chi connectivity index (χ4n) is 2.50. The molecule has 0 radical (unpaired) electrons. The molecule has 0 bridgehead atoms. The molecule has 3 rings (SSSR count). The van der Waals surface area contributed by atoms with Gasteiger partial charge in [-0.2, -0.15) is 0 Å². The number of rotatable bonds is 8. The molecule has 2 aromatic heterocycles. The Hall–Kier alpha value is -2.19. The molecule has 1 amide bonds. The molecule has 3 aromatic rings. The second kappa shape index (κ2) is 8.46. The molecule has 0 atom stereocenters. The summed E-state index contributed by atoms with van der Waals surface area (Å²) in [6, 6.07) is 8.40. The zero-order valence-corrected chi connectivity index (χ0v) is 16.4. The van der Waals surface area contributed by atoms with Crippen molar-refractivity contribution in [3.05, 3.63) is 46.7 Å². The summed E-state index contributed by atoms with van der Waals surface area (Å²) < 4.78 is 2.03. The molecule has 8 heteroatoms. The summed E-state index contributed by atoms with van der Waals surface area (Å²) in [6.07, 6.45) is 0.805. The normalized spacial score (nSPS) is 11.0. The van der Waals surface area contributed by atoms with Gasteiger partial charge in [-0.1, -0.05) is 41.6 Å². The van der Waals surface area contributed by atoms with E-state index < -0.39 is 0 Å². The Balaban J connectivity index is 1.66. The Morgan fingerprint density at radius 2 is 2.04 bits per heavy atom. The molecule has 1 aromatic carbocycles. The molecule has 2 heterocycles. The van der Waals surface area contributed by atoms with Gasteiger partial charge in [0.15, 0.2) is 5.16 Å². The van der Waals surface area contributed by atoms with Gasteiger partial charge in [-0.25, -0.2) is 4.98 Å². The number of thiazole rings is 1. The Morgan fingerprint density at radius 1 is 1.27 bits per heavy atom. The fraction of sp³-hybridized carbons (Fsp3) is 0.333. The standard InChI is InChI=1S/C18H21N5OS2/c1-3-23-16(9-8-15(19)24)21-22-18(23)26-11-14-10-25-17(20-14)13-6-4-12(2)5-7-13/h4-7,10H,3,8-9,11H2,1-2H3,(H2,19,24). The van der Waals surface area contributed by atoms with E-state index in [1.165, 1.54) is 5.56 Å². The molecule has 2 N–H and O–H groups in total. The highest BCUT2D eigenvalue weighted by atomic mass is 32.2. The van der Waals surface area contributed by atoms with Crippen molar-refractivity contribution in [1.29, 1.82) is 0 Å². The van der Waals surface area contributed by atoms with Gasteiger partial charge in [-0.15, -0.1) is 21.5 Å². The maximum atomic E-state index is 11.0. The van der Waals surface area contributed by atoms with Crippen molar-refractivity contribution in [2.75, 3.05) is 0 Å². The van der Waals surface area contributed by atoms with Crippen molar-refractivity contribution in [1.82, 2.24) is 19.7 Å². The summed E-state index contributed by atoms with van der Waals surface area (Å²) in [5, 5.41) is 12.4. The Morgan fingerprint density at radius 3 is 2.73 bits per heavy atom. The number of nitrogens with zero attached hydrogens (tertiary/aromatic N) is 4. The number of amides is 1. The summed E-state index contributed by atoms with van der Waals surface area (Å²) >= 11 is 3.26. The van der Waals surface area contributed by atoms with Crippen LogP contribution >= 0.6 is 23.1 Å². The molecule has 0 aliphatic rings.